The summed E-state index contributed by atoms with van der Waals surface area (Å²) < 4.78 is 3.49. The molecule has 54 valence electrons. The zero-order valence-corrected chi connectivity index (χ0v) is 8.55. The van der Waals surface area contributed by atoms with E-state index in [0.29, 0.717) is 0 Å². The SMILES string of the molecule is CC=[N+](C)C(CC)CI. The minimum atomic E-state index is 0.732. The maximum absolute atomic E-state index is 2.43. The van der Waals surface area contributed by atoms with Gasteiger partial charge in [0, 0.05) is 13.3 Å². The van der Waals surface area contributed by atoms with Crippen LogP contribution >= 0.6 is 22.6 Å². The van der Waals surface area contributed by atoms with Crippen molar-refractivity contribution in [1.82, 2.24) is 0 Å². The second-order valence-corrected chi connectivity index (χ2v) is 3.02. The van der Waals surface area contributed by atoms with Crippen molar-refractivity contribution in [3.63, 3.8) is 0 Å². The quantitative estimate of drug-likeness (QED) is 0.307. The van der Waals surface area contributed by atoms with Gasteiger partial charge in [0.05, 0.1) is 4.43 Å². The van der Waals surface area contributed by atoms with Crippen LogP contribution in [0, 0.1) is 0 Å². The Kier molecular flexibility index (Phi) is 5.44. The Balaban J connectivity index is 3.79. The van der Waals surface area contributed by atoms with Gasteiger partial charge in [0.2, 0.25) is 0 Å². The Morgan fingerprint density at radius 1 is 1.67 bits per heavy atom. The zero-order valence-electron chi connectivity index (χ0n) is 6.39. The highest BCUT2D eigenvalue weighted by Crippen LogP contribution is 1.99. The molecule has 0 fully saturated rings. The largest absolute Gasteiger partial charge is 0.239 e. The number of rotatable bonds is 3. The monoisotopic (exact) mass is 240 g/mol. The molecule has 0 radical (unpaired) electrons. The van der Waals surface area contributed by atoms with Crippen molar-refractivity contribution in [1.29, 1.82) is 0 Å². The fourth-order valence-electron chi connectivity index (χ4n) is 0.717. The van der Waals surface area contributed by atoms with Crippen LogP contribution in [0.3, 0.4) is 0 Å². The summed E-state index contributed by atoms with van der Waals surface area (Å²) in [5.41, 5.74) is 0. The van der Waals surface area contributed by atoms with Crippen molar-refractivity contribution in [3.05, 3.63) is 0 Å². The molecule has 0 aliphatic rings. The molecule has 1 nitrogen and oxygen atoms in total. The first-order valence-corrected chi connectivity index (χ1v) is 4.86. The van der Waals surface area contributed by atoms with Crippen LogP contribution in [0.1, 0.15) is 20.3 Å². The Morgan fingerprint density at radius 3 is 2.33 bits per heavy atom. The summed E-state index contributed by atoms with van der Waals surface area (Å²) in [6, 6.07) is 0.732. The first kappa shape index (κ1) is 9.40. The molecule has 0 saturated heterocycles. The van der Waals surface area contributed by atoms with Crippen LogP contribution in [0.5, 0.6) is 0 Å². The third kappa shape index (κ3) is 3.18. The van der Waals surface area contributed by atoms with Crippen molar-refractivity contribution in [2.45, 2.75) is 26.3 Å². The molecule has 1 atom stereocenters. The van der Waals surface area contributed by atoms with E-state index in [9.17, 15) is 0 Å². The zero-order chi connectivity index (χ0) is 7.28. The molecule has 0 aromatic carbocycles. The second-order valence-electron chi connectivity index (χ2n) is 2.14. The first-order valence-electron chi connectivity index (χ1n) is 3.33. The van der Waals surface area contributed by atoms with Gasteiger partial charge in [-0.2, -0.15) is 0 Å². The predicted molar refractivity (Wildman–Crippen MR) is 50.9 cm³/mol. The van der Waals surface area contributed by atoms with Gasteiger partial charge in [0.25, 0.3) is 0 Å². The lowest BCUT2D eigenvalue weighted by molar-refractivity contribution is -0.528. The Bertz CT molecular complexity index is 95.1. The number of alkyl halides is 1. The number of hydrogen-bond acceptors (Lipinski definition) is 0. The molecule has 0 amide bonds. The summed E-state index contributed by atoms with van der Waals surface area (Å²) in [7, 11) is 2.13. The molecule has 0 heterocycles. The molecule has 9 heavy (non-hydrogen) atoms. The van der Waals surface area contributed by atoms with Gasteiger partial charge in [-0.25, -0.2) is 4.58 Å². The molecule has 0 aliphatic carbocycles. The lowest BCUT2D eigenvalue weighted by Gasteiger charge is -2.05. The number of hydrogen-bond donors (Lipinski definition) is 0. The van der Waals surface area contributed by atoms with E-state index in [1.807, 2.05) is 0 Å². The van der Waals surface area contributed by atoms with E-state index in [2.05, 4.69) is 54.3 Å². The number of halogens is 1. The minimum absolute atomic E-state index is 0.732. The Morgan fingerprint density at radius 2 is 2.22 bits per heavy atom. The average molecular weight is 240 g/mol. The smallest absolute Gasteiger partial charge is 0.160 e. The highest BCUT2D eigenvalue weighted by Gasteiger charge is 2.09. The standard InChI is InChI=1S/C7H15IN/c1-4-7(6-8)9(3)5-2/h5,7H,4,6H2,1-3H3/q+1. The van der Waals surface area contributed by atoms with Gasteiger partial charge in [-0.05, 0) is 0 Å². The molecule has 0 spiro atoms. The van der Waals surface area contributed by atoms with E-state index >= 15 is 0 Å². The van der Waals surface area contributed by atoms with Crippen LogP contribution in [0.15, 0.2) is 0 Å². The van der Waals surface area contributed by atoms with Gasteiger partial charge < -0.3 is 0 Å². The fourth-order valence-corrected chi connectivity index (χ4v) is 1.96. The van der Waals surface area contributed by atoms with Gasteiger partial charge in [-0.3, -0.25) is 0 Å². The van der Waals surface area contributed by atoms with Crippen molar-refractivity contribution < 1.29 is 4.58 Å². The van der Waals surface area contributed by atoms with Crippen molar-refractivity contribution in [2.75, 3.05) is 11.5 Å². The second kappa shape index (κ2) is 5.21. The molecule has 1 unspecified atom stereocenters. The van der Waals surface area contributed by atoms with Crippen LogP contribution in [0.2, 0.25) is 0 Å². The number of nitrogens with zero attached hydrogens (tertiary/aromatic N) is 1. The van der Waals surface area contributed by atoms with Crippen molar-refractivity contribution in [2.24, 2.45) is 0 Å². The van der Waals surface area contributed by atoms with E-state index in [4.69, 9.17) is 0 Å². The summed E-state index contributed by atoms with van der Waals surface area (Å²) >= 11 is 2.43. The average Bonchev–Trinajstić information content (AvgIpc) is 1.90. The van der Waals surface area contributed by atoms with E-state index in [0.717, 1.165) is 6.04 Å². The van der Waals surface area contributed by atoms with Crippen molar-refractivity contribution >= 4 is 28.8 Å². The normalized spacial score (nSPS) is 15.8. The lowest BCUT2D eigenvalue weighted by Crippen LogP contribution is -2.23. The summed E-state index contributed by atoms with van der Waals surface area (Å²) in [5, 5.41) is 0. The van der Waals surface area contributed by atoms with E-state index in [-0.39, 0.29) is 0 Å². The van der Waals surface area contributed by atoms with Crippen LogP contribution < -0.4 is 0 Å². The van der Waals surface area contributed by atoms with E-state index in [1.165, 1.54) is 10.8 Å². The van der Waals surface area contributed by atoms with Gasteiger partial charge in [-0.1, -0.05) is 29.5 Å². The molecule has 0 saturated carbocycles. The lowest BCUT2D eigenvalue weighted by atomic mass is 10.2. The molecule has 0 N–H and O–H groups in total. The maximum Gasteiger partial charge on any atom is 0.160 e. The Labute approximate surface area is 71.3 Å². The minimum Gasteiger partial charge on any atom is -0.239 e. The van der Waals surface area contributed by atoms with Gasteiger partial charge in [0.15, 0.2) is 6.04 Å². The third-order valence-corrected chi connectivity index (χ3v) is 2.65. The van der Waals surface area contributed by atoms with Crippen LogP contribution in [0.4, 0.5) is 0 Å². The van der Waals surface area contributed by atoms with Gasteiger partial charge in [-0.15, -0.1) is 0 Å². The molecule has 0 aliphatic heterocycles. The first-order chi connectivity index (χ1) is 4.26. The molecule has 0 rings (SSSR count). The maximum atomic E-state index is 2.43. The topological polar surface area (TPSA) is 3.01 Å². The van der Waals surface area contributed by atoms with Crippen LogP contribution in [-0.2, 0) is 0 Å². The molecule has 0 aromatic heterocycles. The summed E-state index contributed by atoms with van der Waals surface area (Å²) in [6.07, 6.45) is 3.37. The molecule has 0 bridgehead atoms. The molecule has 0 aromatic rings. The fraction of sp³-hybridized carbons (Fsp3) is 0.857. The van der Waals surface area contributed by atoms with Crippen LogP contribution in [-0.4, -0.2) is 28.3 Å². The van der Waals surface area contributed by atoms with Gasteiger partial charge in [0.1, 0.15) is 13.3 Å². The Hall–Kier alpha value is 0.400. The van der Waals surface area contributed by atoms with Crippen molar-refractivity contribution in [3.8, 4) is 0 Å². The molecular formula is C7H15IN+. The van der Waals surface area contributed by atoms with E-state index in [1.54, 1.807) is 0 Å². The predicted octanol–water partition coefficient (Wildman–Crippen LogP) is 1.93. The third-order valence-electron chi connectivity index (χ3n) is 1.63. The summed E-state index contributed by atoms with van der Waals surface area (Å²) in [4.78, 5) is 0. The van der Waals surface area contributed by atoms with Gasteiger partial charge >= 0.3 is 0 Å². The van der Waals surface area contributed by atoms with E-state index < -0.39 is 0 Å². The highest BCUT2D eigenvalue weighted by molar-refractivity contribution is 14.1. The highest BCUT2D eigenvalue weighted by atomic mass is 127. The summed E-state index contributed by atoms with van der Waals surface area (Å²) in [6.45, 7) is 4.30. The molecule has 2 heteroatoms. The van der Waals surface area contributed by atoms with Crippen LogP contribution in [0.25, 0.3) is 0 Å². The molecular weight excluding hydrogens is 225 g/mol. The summed E-state index contributed by atoms with van der Waals surface area (Å²) in [5.74, 6) is 0.